The second-order valence-electron chi connectivity index (χ2n) is 4.62. The first-order valence-corrected chi connectivity index (χ1v) is 5.54. The number of piperazine rings is 1. The third kappa shape index (κ3) is 2.70. The smallest absolute Gasteiger partial charge is 0.245 e. The van der Waals surface area contributed by atoms with Crippen molar-refractivity contribution in [2.75, 3.05) is 6.54 Å². The molecular weight excluding hydrogens is 192 g/mol. The summed E-state index contributed by atoms with van der Waals surface area (Å²) in [5.74, 6) is 0.527. The third-order valence-electron chi connectivity index (χ3n) is 2.81. The molecule has 0 radical (unpaired) electrons. The monoisotopic (exact) mass is 212 g/mol. The van der Waals surface area contributed by atoms with Gasteiger partial charge in [0.1, 0.15) is 12.1 Å². The number of carbonyl (C=O) groups is 2. The number of amides is 2. The van der Waals surface area contributed by atoms with Gasteiger partial charge >= 0.3 is 0 Å². The zero-order chi connectivity index (χ0) is 11.6. The molecule has 2 atom stereocenters. The maximum atomic E-state index is 11.8. The normalized spacial score (nSPS) is 27.1. The van der Waals surface area contributed by atoms with E-state index in [4.69, 9.17) is 0 Å². The van der Waals surface area contributed by atoms with E-state index in [2.05, 4.69) is 19.2 Å². The minimum Gasteiger partial charge on any atom is -0.343 e. The molecule has 1 aliphatic heterocycles. The molecule has 0 aliphatic carbocycles. The Morgan fingerprint density at radius 3 is 2.47 bits per heavy atom. The van der Waals surface area contributed by atoms with Crippen molar-refractivity contribution in [3.63, 3.8) is 0 Å². The van der Waals surface area contributed by atoms with Gasteiger partial charge in [0, 0.05) is 6.54 Å². The molecular formula is C11H20N2O2. The van der Waals surface area contributed by atoms with Crippen LogP contribution in [0.4, 0.5) is 0 Å². The van der Waals surface area contributed by atoms with Crippen LogP contribution in [0.25, 0.3) is 0 Å². The van der Waals surface area contributed by atoms with Gasteiger partial charge in [-0.1, -0.05) is 13.8 Å². The number of rotatable bonds is 3. The molecule has 1 rings (SSSR count). The minimum atomic E-state index is -0.374. The van der Waals surface area contributed by atoms with Crippen molar-refractivity contribution in [2.45, 2.75) is 46.2 Å². The van der Waals surface area contributed by atoms with Crippen molar-refractivity contribution in [1.82, 2.24) is 10.2 Å². The van der Waals surface area contributed by atoms with E-state index in [1.165, 1.54) is 0 Å². The zero-order valence-electron chi connectivity index (χ0n) is 9.91. The standard InChI is InChI=1S/C11H20N2O2/c1-7(2)5-6-13-9(4)10(14)12-8(3)11(13)15/h7-9H,5-6H2,1-4H3,(H,12,14). The number of nitrogens with zero attached hydrogens (tertiary/aromatic N) is 1. The lowest BCUT2D eigenvalue weighted by molar-refractivity contribution is -0.148. The molecule has 2 amide bonds. The summed E-state index contributed by atoms with van der Waals surface area (Å²) < 4.78 is 0. The van der Waals surface area contributed by atoms with E-state index >= 15 is 0 Å². The first-order valence-electron chi connectivity index (χ1n) is 5.54. The van der Waals surface area contributed by atoms with Crippen LogP contribution in [0.15, 0.2) is 0 Å². The molecule has 1 saturated heterocycles. The van der Waals surface area contributed by atoms with Crippen LogP contribution in [0.1, 0.15) is 34.1 Å². The maximum absolute atomic E-state index is 11.8. The van der Waals surface area contributed by atoms with Crippen molar-refractivity contribution >= 4 is 11.8 Å². The summed E-state index contributed by atoms with van der Waals surface area (Å²) in [4.78, 5) is 25.0. The van der Waals surface area contributed by atoms with Gasteiger partial charge in [0.25, 0.3) is 0 Å². The summed E-state index contributed by atoms with van der Waals surface area (Å²) >= 11 is 0. The first-order chi connectivity index (χ1) is 6.93. The van der Waals surface area contributed by atoms with Crippen LogP contribution >= 0.6 is 0 Å². The largest absolute Gasteiger partial charge is 0.343 e. The van der Waals surface area contributed by atoms with Crippen molar-refractivity contribution < 1.29 is 9.59 Å². The molecule has 1 heterocycles. The zero-order valence-corrected chi connectivity index (χ0v) is 9.91. The summed E-state index contributed by atoms with van der Waals surface area (Å²) in [6.45, 7) is 8.41. The van der Waals surface area contributed by atoms with E-state index in [0.29, 0.717) is 12.5 Å². The van der Waals surface area contributed by atoms with Crippen LogP contribution in [0.2, 0.25) is 0 Å². The summed E-state index contributed by atoms with van der Waals surface area (Å²) in [6, 6.07) is -0.701. The second-order valence-corrected chi connectivity index (χ2v) is 4.62. The Kier molecular flexibility index (Phi) is 3.72. The van der Waals surface area contributed by atoms with E-state index in [0.717, 1.165) is 6.42 Å². The summed E-state index contributed by atoms with van der Waals surface area (Å²) in [6.07, 6.45) is 0.941. The van der Waals surface area contributed by atoms with Gasteiger partial charge in [0.05, 0.1) is 0 Å². The Balaban J connectivity index is 2.65. The Morgan fingerprint density at radius 1 is 1.33 bits per heavy atom. The third-order valence-corrected chi connectivity index (χ3v) is 2.81. The molecule has 86 valence electrons. The number of nitrogens with one attached hydrogen (secondary N) is 1. The molecule has 1 N–H and O–H groups in total. The van der Waals surface area contributed by atoms with Crippen LogP contribution in [-0.2, 0) is 9.59 Å². The molecule has 0 aromatic rings. The van der Waals surface area contributed by atoms with E-state index in [9.17, 15) is 9.59 Å². The summed E-state index contributed by atoms with van der Waals surface area (Å²) in [5.41, 5.74) is 0. The van der Waals surface area contributed by atoms with E-state index in [1.54, 1.807) is 18.7 Å². The average Bonchev–Trinajstić information content (AvgIpc) is 2.14. The molecule has 4 nitrogen and oxygen atoms in total. The molecule has 2 unspecified atom stereocenters. The molecule has 1 fully saturated rings. The lowest BCUT2D eigenvalue weighted by atomic mass is 10.1. The molecule has 0 spiro atoms. The molecule has 15 heavy (non-hydrogen) atoms. The van der Waals surface area contributed by atoms with Gasteiger partial charge < -0.3 is 10.2 Å². The highest BCUT2D eigenvalue weighted by molar-refractivity contribution is 5.96. The van der Waals surface area contributed by atoms with Crippen LogP contribution in [-0.4, -0.2) is 35.3 Å². The fraction of sp³-hybridized carbons (Fsp3) is 0.818. The quantitative estimate of drug-likeness (QED) is 0.751. The highest BCUT2D eigenvalue weighted by atomic mass is 16.2. The fourth-order valence-corrected chi connectivity index (χ4v) is 1.68. The van der Waals surface area contributed by atoms with Gasteiger partial charge in [-0.15, -0.1) is 0 Å². The maximum Gasteiger partial charge on any atom is 0.245 e. The number of carbonyl (C=O) groups excluding carboxylic acids is 2. The number of hydrogen-bond donors (Lipinski definition) is 1. The Labute approximate surface area is 91.0 Å². The van der Waals surface area contributed by atoms with Gasteiger partial charge in [0.15, 0.2) is 0 Å². The molecule has 0 aromatic carbocycles. The van der Waals surface area contributed by atoms with Crippen LogP contribution in [0, 0.1) is 5.92 Å². The summed E-state index contributed by atoms with van der Waals surface area (Å²) in [5, 5.41) is 2.67. The molecule has 0 bridgehead atoms. The SMILES string of the molecule is CC(C)CCN1C(=O)C(C)NC(=O)C1C. The predicted molar refractivity (Wildman–Crippen MR) is 58.2 cm³/mol. The Morgan fingerprint density at radius 2 is 1.93 bits per heavy atom. The van der Waals surface area contributed by atoms with E-state index in [1.807, 2.05) is 0 Å². The lowest BCUT2D eigenvalue weighted by Crippen LogP contribution is -2.61. The summed E-state index contributed by atoms with van der Waals surface area (Å²) in [7, 11) is 0. The minimum absolute atomic E-state index is 0.0303. The van der Waals surface area contributed by atoms with Crippen LogP contribution in [0.5, 0.6) is 0 Å². The molecule has 1 aliphatic rings. The fourth-order valence-electron chi connectivity index (χ4n) is 1.68. The first kappa shape index (κ1) is 12.0. The van der Waals surface area contributed by atoms with Gasteiger partial charge in [-0.05, 0) is 26.2 Å². The molecule has 0 saturated carbocycles. The van der Waals surface area contributed by atoms with Gasteiger partial charge in [0.2, 0.25) is 11.8 Å². The Bertz CT molecular complexity index is 263. The van der Waals surface area contributed by atoms with Crippen molar-refractivity contribution in [2.24, 2.45) is 5.92 Å². The topological polar surface area (TPSA) is 49.4 Å². The van der Waals surface area contributed by atoms with Gasteiger partial charge in [-0.2, -0.15) is 0 Å². The van der Waals surface area contributed by atoms with Crippen LogP contribution in [0.3, 0.4) is 0 Å². The van der Waals surface area contributed by atoms with Gasteiger partial charge in [-0.3, -0.25) is 9.59 Å². The average molecular weight is 212 g/mol. The predicted octanol–water partition coefficient (Wildman–Crippen LogP) is 0.768. The van der Waals surface area contributed by atoms with Crippen molar-refractivity contribution in [3.05, 3.63) is 0 Å². The lowest BCUT2D eigenvalue weighted by Gasteiger charge is -2.36. The Hall–Kier alpha value is -1.06. The number of hydrogen-bond acceptors (Lipinski definition) is 2. The second kappa shape index (κ2) is 4.64. The molecule has 4 heteroatoms. The van der Waals surface area contributed by atoms with E-state index in [-0.39, 0.29) is 23.9 Å². The van der Waals surface area contributed by atoms with E-state index < -0.39 is 0 Å². The van der Waals surface area contributed by atoms with Crippen LogP contribution < -0.4 is 5.32 Å². The van der Waals surface area contributed by atoms with Crippen molar-refractivity contribution in [1.29, 1.82) is 0 Å². The van der Waals surface area contributed by atoms with Gasteiger partial charge in [-0.25, -0.2) is 0 Å². The highest BCUT2D eigenvalue weighted by Gasteiger charge is 2.35. The highest BCUT2D eigenvalue weighted by Crippen LogP contribution is 2.12. The molecule has 0 aromatic heterocycles. The van der Waals surface area contributed by atoms with Crippen molar-refractivity contribution in [3.8, 4) is 0 Å².